The molecule has 1 heterocycles. The first-order valence-corrected chi connectivity index (χ1v) is 6.25. The van der Waals surface area contributed by atoms with Crippen LogP contribution in [0.25, 0.3) is 0 Å². The number of nitrogens with zero attached hydrogens (tertiary/aromatic N) is 1. The summed E-state index contributed by atoms with van der Waals surface area (Å²) in [4.78, 5) is 4.33. The van der Waals surface area contributed by atoms with Gasteiger partial charge in [0.2, 0.25) is 0 Å². The lowest BCUT2D eigenvalue weighted by Gasteiger charge is -2.09. The normalized spacial score (nSPS) is 10.4. The number of halogens is 1. The van der Waals surface area contributed by atoms with Gasteiger partial charge in [0.15, 0.2) is 0 Å². The van der Waals surface area contributed by atoms with Crippen molar-refractivity contribution in [2.24, 2.45) is 5.73 Å². The molecule has 2 rings (SSSR count). The fourth-order valence-electron chi connectivity index (χ4n) is 1.84. The highest BCUT2D eigenvalue weighted by Gasteiger charge is 2.05. The van der Waals surface area contributed by atoms with Crippen molar-refractivity contribution in [2.45, 2.75) is 20.1 Å². The van der Waals surface area contributed by atoms with Gasteiger partial charge in [-0.25, -0.2) is 4.39 Å². The number of aromatic nitrogens is 1. The van der Waals surface area contributed by atoms with Crippen LogP contribution in [-0.2, 0) is 13.2 Å². The average molecular weight is 276 g/mol. The Morgan fingerprint density at radius 3 is 2.65 bits per heavy atom. The molecule has 0 atom stereocenters. The highest BCUT2D eigenvalue weighted by molar-refractivity contribution is 5.30. The third-order valence-corrected chi connectivity index (χ3v) is 2.85. The van der Waals surface area contributed by atoms with Gasteiger partial charge in [-0.05, 0) is 13.0 Å². The number of rotatable bonds is 5. The molecular weight excluding hydrogens is 259 g/mol. The van der Waals surface area contributed by atoms with E-state index in [-0.39, 0.29) is 19.0 Å². The molecular formula is C15H17FN2O2. The van der Waals surface area contributed by atoms with Gasteiger partial charge in [-0.2, -0.15) is 0 Å². The van der Waals surface area contributed by atoms with E-state index in [0.29, 0.717) is 11.3 Å². The van der Waals surface area contributed by atoms with Crippen LogP contribution in [0.2, 0.25) is 0 Å². The van der Waals surface area contributed by atoms with E-state index in [1.54, 1.807) is 25.3 Å². The standard InChI is InChI=1S/C15H17FN2O2/c1-10-5-14(19-2)6-12(18-10)9-20-13-4-3-11(8-17)15(16)7-13/h3-7H,8-9,17H2,1-2H3. The zero-order valence-electron chi connectivity index (χ0n) is 11.5. The summed E-state index contributed by atoms with van der Waals surface area (Å²) in [5.41, 5.74) is 7.44. The van der Waals surface area contributed by atoms with Crippen LogP contribution < -0.4 is 15.2 Å². The monoisotopic (exact) mass is 276 g/mol. The van der Waals surface area contributed by atoms with Gasteiger partial charge in [0.1, 0.15) is 23.9 Å². The van der Waals surface area contributed by atoms with Crippen LogP contribution in [0, 0.1) is 12.7 Å². The summed E-state index contributed by atoms with van der Waals surface area (Å²) in [6.45, 7) is 2.30. The zero-order chi connectivity index (χ0) is 14.5. The molecule has 0 bridgehead atoms. The Labute approximate surface area is 117 Å². The number of ether oxygens (including phenoxy) is 2. The van der Waals surface area contributed by atoms with Crippen molar-refractivity contribution < 1.29 is 13.9 Å². The predicted octanol–water partition coefficient (Wildman–Crippen LogP) is 2.58. The molecule has 4 nitrogen and oxygen atoms in total. The van der Waals surface area contributed by atoms with Crippen LogP contribution in [0.5, 0.6) is 11.5 Å². The van der Waals surface area contributed by atoms with E-state index in [9.17, 15) is 4.39 Å². The molecule has 0 spiro atoms. The molecule has 1 aromatic carbocycles. The Hall–Kier alpha value is -2.14. The first kappa shape index (κ1) is 14.3. The fraction of sp³-hybridized carbons (Fsp3) is 0.267. The highest BCUT2D eigenvalue weighted by atomic mass is 19.1. The van der Waals surface area contributed by atoms with E-state index >= 15 is 0 Å². The second-order valence-corrected chi connectivity index (χ2v) is 4.39. The number of nitrogens with two attached hydrogens (primary N) is 1. The molecule has 20 heavy (non-hydrogen) atoms. The van der Waals surface area contributed by atoms with Crippen molar-refractivity contribution in [3.05, 3.63) is 53.1 Å². The van der Waals surface area contributed by atoms with Crippen LogP contribution in [0.15, 0.2) is 30.3 Å². The zero-order valence-corrected chi connectivity index (χ0v) is 11.5. The third kappa shape index (κ3) is 3.45. The molecule has 2 N–H and O–H groups in total. The van der Waals surface area contributed by atoms with E-state index in [1.807, 2.05) is 13.0 Å². The van der Waals surface area contributed by atoms with Gasteiger partial charge in [-0.15, -0.1) is 0 Å². The Balaban J connectivity index is 2.08. The average Bonchev–Trinajstić information content (AvgIpc) is 2.44. The van der Waals surface area contributed by atoms with Crippen molar-refractivity contribution in [1.29, 1.82) is 0 Å². The van der Waals surface area contributed by atoms with E-state index in [0.717, 1.165) is 17.1 Å². The second-order valence-electron chi connectivity index (χ2n) is 4.39. The molecule has 0 unspecified atom stereocenters. The van der Waals surface area contributed by atoms with Crippen LogP contribution in [0.1, 0.15) is 17.0 Å². The summed E-state index contributed by atoms with van der Waals surface area (Å²) in [6.07, 6.45) is 0. The van der Waals surface area contributed by atoms with Crippen molar-refractivity contribution in [2.75, 3.05) is 7.11 Å². The molecule has 0 saturated carbocycles. The number of benzene rings is 1. The molecule has 0 radical (unpaired) electrons. The number of methoxy groups -OCH3 is 1. The fourth-order valence-corrected chi connectivity index (χ4v) is 1.84. The van der Waals surface area contributed by atoms with E-state index in [1.165, 1.54) is 6.07 Å². The molecule has 0 aliphatic rings. The van der Waals surface area contributed by atoms with Crippen LogP contribution in [0.3, 0.4) is 0 Å². The lowest BCUT2D eigenvalue weighted by molar-refractivity contribution is 0.298. The van der Waals surface area contributed by atoms with Crippen LogP contribution in [0.4, 0.5) is 4.39 Å². The van der Waals surface area contributed by atoms with E-state index in [2.05, 4.69) is 4.98 Å². The van der Waals surface area contributed by atoms with Crippen molar-refractivity contribution >= 4 is 0 Å². The van der Waals surface area contributed by atoms with Gasteiger partial charge >= 0.3 is 0 Å². The molecule has 0 saturated heterocycles. The van der Waals surface area contributed by atoms with Gasteiger partial charge in [0.05, 0.1) is 12.8 Å². The Morgan fingerprint density at radius 2 is 2.00 bits per heavy atom. The summed E-state index contributed by atoms with van der Waals surface area (Å²) >= 11 is 0. The minimum atomic E-state index is -0.361. The van der Waals surface area contributed by atoms with Crippen molar-refractivity contribution in [1.82, 2.24) is 4.98 Å². The maximum atomic E-state index is 13.6. The molecule has 0 aliphatic carbocycles. The number of pyridine rings is 1. The highest BCUT2D eigenvalue weighted by Crippen LogP contribution is 2.19. The number of hydrogen-bond donors (Lipinski definition) is 1. The van der Waals surface area contributed by atoms with Gasteiger partial charge in [0, 0.05) is 36.0 Å². The van der Waals surface area contributed by atoms with Gasteiger partial charge in [-0.3, -0.25) is 4.98 Å². The maximum absolute atomic E-state index is 13.6. The summed E-state index contributed by atoms with van der Waals surface area (Å²) < 4.78 is 24.3. The lowest BCUT2D eigenvalue weighted by Crippen LogP contribution is -2.03. The predicted molar refractivity (Wildman–Crippen MR) is 74.1 cm³/mol. The lowest BCUT2D eigenvalue weighted by atomic mass is 10.2. The first-order valence-electron chi connectivity index (χ1n) is 6.25. The molecule has 5 heteroatoms. The third-order valence-electron chi connectivity index (χ3n) is 2.85. The van der Waals surface area contributed by atoms with Crippen LogP contribution in [-0.4, -0.2) is 12.1 Å². The van der Waals surface area contributed by atoms with Gasteiger partial charge in [0.25, 0.3) is 0 Å². The Bertz CT molecular complexity index is 602. The van der Waals surface area contributed by atoms with Crippen molar-refractivity contribution in [3.8, 4) is 11.5 Å². The smallest absolute Gasteiger partial charge is 0.131 e. The summed E-state index contributed by atoms with van der Waals surface area (Å²) in [5, 5.41) is 0. The number of hydrogen-bond acceptors (Lipinski definition) is 4. The summed E-state index contributed by atoms with van der Waals surface area (Å²) in [6, 6.07) is 8.26. The van der Waals surface area contributed by atoms with Crippen molar-refractivity contribution in [3.63, 3.8) is 0 Å². The summed E-state index contributed by atoms with van der Waals surface area (Å²) in [5.74, 6) is 0.808. The van der Waals surface area contributed by atoms with Crippen LogP contribution >= 0.6 is 0 Å². The molecule has 1 aromatic heterocycles. The quantitative estimate of drug-likeness (QED) is 0.912. The topological polar surface area (TPSA) is 57.4 Å². The Morgan fingerprint density at radius 1 is 1.20 bits per heavy atom. The molecule has 0 aliphatic heterocycles. The van der Waals surface area contributed by atoms with E-state index in [4.69, 9.17) is 15.2 Å². The molecule has 106 valence electrons. The van der Waals surface area contributed by atoms with Gasteiger partial charge < -0.3 is 15.2 Å². The maximum Gasteiger partial charge on any atom is 0.131 e. The first-order chi connectivity index (χ1) is 9.62. The minimum absolute atomic E-state index is 0.169. The van der Waals surface area contributed by atoms with E-state index < -0.39 is 0 Å². The summed E-state index contributed by atoms with van der Waals surface area (Å²) in [7, 11) is 1.60. The number of aryl methyl sites for hydroxylation is 1. The Kier molecular flexibility index (Phi) is 4.53. The SMILES string of the molecule is COc1cc(C)nc(COc2ccc(CN)c(F)c2)c1. The second kappa shape index (κ2) is 6.34. The minimum Gasteiger partial charge on any atom is -0.497 e. The molecule has 0 amide bonds. The molecule has 0 fully saturated rings. The molecule has 2 aromatic rings. The largest absolute Gasteiger partial charge is 0.497 e. The van der Waals surface area contributed by atoms with Gasteiger partial charge in [-0.1, -0.05) is 6.07 Å².